The number of carboxylic acid groups (broad SMARTS) is 1. The van der Waals surface area contributed by atoms with Crippen LogP contribution in [0, 0.1) is 5.92 Å². The van der Waals surface area contributed by atoms with E-state index in [0.29, 0.717) is 6.42 Å². The second-order valence-corrected chi connectivity index (χ2v) is 5.00. The van der Waals surface area contributed by atoms with Gasteiger partial charge in [-0.25, -0.2) is 9.59 Å². The van der Waals surface area contributed by atoms with Gasteiger partial charge in [0.25, 0.3) is 0 Å². The van der Waals surface area contributed by atoms with E-state index >= 15 is 0 Å². The molecule has 2 N–H and O–H groups in total. The summed E-state index contributed by atoms with van der Waals surface area (Å²) < 4.78 is 9.49. The van der Waals surface area contributed by atoms with E-state index in [4.69, 9.17) is 14.6 Å². The number of amides is 1. The Hall–Kier alpha value is -1.44. The minimum atomic E-state index is -1.06. The highest BCUT2D eigenvalue weighted by molar-refractivity contribution is 7.59. The van der Waals surface area contributed by atoms with Crippen LogP contribution >= 0.6 is 13.5 Å². The molecule has 7 nitrogen and oxygen atoms in total. The molecular formula is C13H25NO6S. The van der Waals surface area contributed by atoms with Crippen LogP contribution < -0.4 is 5.32 Å². The van der Waals surface area contributed by atoms with Gasteiger partial charge in [0.1, 0.15) is 6.04 Å². The minimum absolute atomic E-state index is 0. The second kappa shape index (κ2) is 11.2. The van der Waals surface area contributed by atoms with E-state index in [1.807, 2.05) is 0 Å². The topological polar surface area (TPSA) is 102 Å². The van der Waals surface area contributed by atoms with Crippen molar-refractivity contribution in [2.24, 2.45) is 5.92 Å². The number of hydrogen-bond donors (Lipinski definition) is 2. The fourth-order valence-corrected chi connectivity index (χ4v) is 1.37. The quantitative estimate of drug-likeness (QED) is 0.520. The van der Waals surface area contributed by atoms with Crippen LogP contribution in [0.2, 0.25) is 0 Å². The van der Waals surface area contributed by atoms with Crippen LogP contribution in [0.1, 0.15) is 40.5 Å². The van der Waals surface area contributed by atoms with E-state index in [2.05, 4.69) is 5.32 Å². The summed E-state index contributed by atoms with van der Waals surface area (Å²) in [5.41, 5.74) is 0. The molecule has 0 aliphatic heterocycles. The van der Waals surface area contributed by atoms with Crippen molar-refractivity contribution in [2.75, 3.05) is 6.61 Å². The molecular weight excluding hydrogens is 298 g/mol. The Bertz CT molecular complexity index is 346. The number of hydrogen-bond acceptors (Lipinski definition) is 5. The molecule has 0 bridgehead atoms. The van der Waals surface area contributed by atoms with Crippen LogP contribution in [0.3, 0.4) is 0 Å². The van der Waals surface area contributed by atoms with E-state index in [1.54, 1.807) is 27.7 Å². The van der Waals surface area contributed by atoms with Gasteiger partial charge in [-0.15, -0.1) is 0 Å². The molecule has 1 atom stereocenters. The highest BCUT2D eigenvalue weighted by atomic mass is 32.1. The van der Waals surface area contributed by atoms with E-state index in [0.717, 1.165) is 0 Å². The van der Waals surface area contributed by atoms with Crippen LogP contribution in [0.5, 0.6) is 0 Å². The normalized spacial score (nSPS) is 11.5. The van der Waals surface area contributed by atoms with Gasteiger partial charge in [-0.3, -0.25) is 4.79 Å². The first-order valence-corrected chi connectivity index (χ1v) is 6.59. The van der Waals surface area contributed by atoms with Gasteiger partial charge in [-0.2, -0.15) is 13.5 Å². The zero-order valence-corrected chi connectivity index (χ0v) is 13.8. The standard InChI is InChI=1S/C13H23NO6.H2S/c1-8(2)11(12(16)17)14-10(15)6-5-7-19-13(18)20-9(3)4;/h8-9,11H,5-7H2,1-4H3,(H,14,15)(H,16,17);1H2. The maximum absolute atomic E-state index is 11.5. The number of aliphatic carboxylic acids is 1. The van der Waals surface area contributed by atoms with E-state index < -0.39 is 18.2 Å². The number of carbonyl (C=O) groups excluding carboxylic acids is 2. The number of carbonyl (C=O) groups is 3. The van der Waals surface area contributed by atoms with Crippen LogP contribution in [0.15, 0.2) is 0 Å². The van der Waals surface area contributed by atoms with E-state index in [9.17, 15) is 14.4 Å². The molecule has 0 radical (unpaired) electrons. The highest BCUT2D eigenvalue weighted by Gasteiger charge is 2.23. The molecule has 0 fully saturated rings. The van der Waals surface area contributed by atoms with Crippen molar-refractivity contribution < 1.29 is 29.0 Å². The number of nitrogens with one attached hydrogen (secondary N) is 1. The number of carboxylic acids is 1. The zero-order valence-electron chi connectivity index (χ0n) is 12.8. The van der Waals surface area contributed by atoms with Crippen LogP contribution in [0.25, 0.3) is 0 Å². The average molecular weight is 323 g/mol. The van der Waals surface area contributed by atoms with Gasteiger partial charge in [-0.05, 0) is 26.2 Å². The summed E-state index contributed by atoms with van der Waals surface area (Å²) in [4.78, 5) is 33.5. The molecule has 124 valence electrons. The molecule has 1 unspecified atom stereocenters. The Morgan fingerprint density at radius 3 is 2.14 bits per heavy atom. The highest BCUT2D eigenvalue weighted by Crippen LogP contribution is 2.03. The number of ether oxygens (including phenoxy) is 2. The lowest BCUT2D eigenvalue weighted by atomic mass is 10.0. The maximum atomic E-state index is 11.5. The van der Waals surface area contributed by atoms with Crippen LogP contribution in [0.4, 0.5) is 4.79 Å². The summed E-state index contributed by atoms with van der Waals surface area (Å²) in [5, 5.41) is 11.3. The van der Waals surface area contributed by atoms with E-state index in [1.165, 1.54) is 0 Å². The predicted molar refractivity (Wildman–Crippen MR) is 81.6 cm³/mol. The number of rotatable bonds is 8. The molecule has 21 heavy (non-hydrogen) atoms. The molecule has 0 aromatic carbocycles. The summed E-state index contributed by atoms with van der Waals surface area (Å²) in [6.45, 7) is 6.88. The Morgan fingerprint density at radius 1 is 1.14 bits per heavy atom. The zero-order chi connectivity index (χ0) is 15.7. The van der Waals surface area contributed by atoms with Gasteiger partial charge in [0, 0.05) is 6.42 Å². The Kier molecular flexibility index (Phi) is 11.7. The first-order valence-electron chi connectivity index (χ1n) is 6.59. The molecule has 0 spiro atoms. The third-order valence-electron chi connectivity index (χ3n) is 2.35. The van der Waals surface area contributed by atoms with Crippen molar-refractivity contribution >= 4 is 31.5 Å². The molecule has 8 heteroatoms. The Morgan fingerprint density at radius 2 is 1.71 bits per heavy atom. The lowest BCUT2D eigenvalue weighted by Gasteiger charge is -2.17. The van der Waals surface area contributed by atoms with Crippen molar-refractivity contribution in [3.63, 3.8) is 0 Å². The molecule has 0 rings (SSSR count). The van der Waals surface area contributed by atoms with Crippen LogP contribution in [-0.4, -0.2) is 41.9 Å². The third-order valence-corrected chi connectivity index (χ3v) is 2.35. The van der Waals surface area contributed by atoms with Crippen molar-refractivity contribution in [1.29, 1.82) is 0 Å². The fourth-order valence-electron chi connectivity index (χ4n) is 1.37. The van der Waals surface area contributed by atoms with Gasteiger partial charge >= 0.3 is 12.1 Å². The maximum Gasteiger partial charge on any atom is 0.508 e. The molecule has 1 amide bonds. The fraction of sp³-hybridized carbons (Fsp3) is 0.769. The van der Waals surface area contributed by atoms with Gasteiger partial charge < -0.3 is 19.9 Å². The average Bonchev–Trinajstić information content (AvgIpc) is 2.30. The predicted octanol–water partition coefficient (Wildman–Crippen LogP) is 1.67. The lowest BCUT2D eigenvalue weighted by Crippen LogP contribution is -2.44. The van der Waals surface area contributed by atoms with Gasteiger partial charge in [0.05, 0.1) is 12.7 Å². The summed E-state index contributed by atoms with van der Waals surface area (Å²) in [5.74, 6) is -1.65. The lowest BCUT2D eigenvalue weighted by molar-refractivity contribution is -0.143. The summed E-state index contributed by atoms with van der Waals surface area (Å²) >= 11 is 0. The van der Waals surface area contributed by atoms with Crippen LogP contribution in [-0.2, 0) is 19.1 Å². The first kappa shape index (κ1) is 21.9. The SMILES string of the molecule is CC(C)OC(=O)OCCCC(=O)NC(C(=O)O)C(C)C.S. The van der Waals surface area contributed by atoms with Crippen molar-refractivity contribution in [3.05, 3.63) is 0 Å². The summed E-state index contributed by atoms with van der Waals surface area (Å²) in [7, 11) is 0. The van der Waals surface area contributed by atoms with E-state index in [-0.39, 0.29) is 44.5 Å². The Labute approximate surface area is 131 Å². The van der Waals surface area contributed by atoms with Gasteiger partial charge in [0.15, 0.2) is 0 Å². The first-order chi connectivity index (χ1) is 9.23. The molecule has 0 aromatic rings. The Balaban J connectivity index is 0. The van der Waals surface area contributed by atoms with Crippen molar-refractivity contribution in [1.82, 2.24) is 5.32 Å². The van der Waals surface area contributed by atoms with Crippen molar-refractivity contribution in [2.45, 2.75) is 52.7 Å². The van der Waals surface area contributed by atoms with Crippen molar-refractivity contribution in [3.8, 4) is 0 Å². The molecule has 0 saturated carbocycles. The molecule has 0 aliphatic carbocycles. The minimum Gasteiger partial charge on any atom is -0.480 e. The third kappa shape index (κ3) is 10.9. The van der Waals surface area contributed by atoms with Gasteiger partial charge in [0.2, 0.25) is 5.91 Å². The summed E-state index contributed by atoms with van der Waals surface area (Å²) in [6, 6.07) is -0.908. The van der Waals surface area contributed by atoms with Gasteiger partial charge in [-0.1, -0.05) is 13.8 Å². The monoisotopic (exact) mass is 323 g/mol. The summed E-state index contributed by atoms with van der Waals surface area (Å²) in [6.07, 6.45) is -0.631. The molecule has 0 aliphatic rings. The second-order valence-electron chi connectivity index (χ2n) is 5.00. The molecule has 0 heterocycles. The molecule has 0 aromatic heterocycles. The largest absolute Gasteiger partial charge is 0.508 e. The smallest absolute Gasteiger partial charge is 0.480 e. The molecule has 0 saturated heterocycles.